The van der Waals surface area contributed by atoms with E-state index in [0.717, 1.165) is 22.3 Å². The van der Waals surface area contributed by atoms with Crippen LogP contribution in [0.5, 0.6) is 11.5 Å². The Bertz CT molecular complexity index is 1360. The predicted molar refractivity (Wildman–Crippen MR) is 140 cm³/mol. The van der Waals surface area contributed by atoms with E-state index in [1.165, 1.54) is 19.1 Å². The van der Waals surface area contributed by atoms with Crippen LogP contribution < -0.4 is 9.47 Å². The lowest BCUT2D eigenvalue weighted by molar-refractivity contribution is -0.131. The van der Waals surface area contributed by atoms with Crippen molar-refractivity contribution in [3.63, 3.8) is 0 Å². The highest BCUT2D eigenvalue weighted by Crippen LogP contribution is 2.34. The standard InChI is InChI=1S/C30H29FO6/c1-18(2)29(32)36-27-11-9-22(14-24(27)17-35-6)25-10-7-20(13-23(25)16-34-5)21-8-12-28(26(31)15-21)37-30(33)19(3)4/h7-15H,1,3,16-17H2,2,4-6H3. The molecule has 37 heavy (non-hydrogen) atoms. The Hall–Kier alpha value is -4.07. The lowest BCUT2D eigenvalue weighted by Crippen LogP contribution is -2.10. The minimum Gasteiger partial charge on any atom is -0.423 e. The Kier molecular flexibility index (Phi) is 9.11. The number of methoxy groups -OCH3 is 2. The first-order chi connectivity index (χ1) is 17.6. The molecule has 0 radical (unpaired) electrons. The molecule has 3 aromatic rings. The minimum atomic E-state index is -0.688. The number of rotatable bonds is 10. The Morgan fingerprint density at radius 3 is 1.78 bits per heavy atom. The molecule has 0 spiro atoms. The van der Waals surface area contributed by atoms with E-state index in [1.54, 1.807) is 33.3 Å². The molecule has 0 aromatic heterocycles. The predicted octanol–water partition coefficient (Wildman–Crippen LogP) is 6.42. The van der Waals surface area contributed by atoms with Gasteiger partial charge in [0.15, 0.2) is 11.6 Å². The average Bonchev–Trinajstić information content (AvgIpc) is 2.86. The molecule has 0 atom stereocenters. The van der Waals surface area contributed by atoms with E-state index in [1.807, 2.05) is 30.3 Å². The highest BCUT2D eigenvalue weighted by molar-refractivity contribution is 5.89. The van der Waals surface area contributed by atoms with E-state index in [-0.39, 0.29) is 17.9 Å². The van der Waals surface area contributed by atoms with Crippen LogP contribution in [0.2, 0.25) is 0 Å². The number of ether oxygens (including phenoxy) is 4. The quantitative estimate of drug-likeness (QED) is 0.180. The number of carbonyl (C=O) groups excluding carboxylic acids is 2. The van der Waals surface area contributed by atoms with Crippen LogP contribution in [0.1, 0.15) is 25.0 Å². The summed E-state index contributed by atoms with van der Waals surface area (Å²) >= 11 is 0. The van der Waals surface area contributed by atoms with Crippen LogP contribution in [0.4, 0.5) is 4.39 Å². The maximum atomic E-state index is 14.7. The number of esters is 2. The maximum Gasteiger partial charge on any atom is 0.338 e. The summed E-state index contributed by atoms with van der Waals surface area (Å²) in [5.41, 5.74) is 5.18. The number of carbonyl (C=O) groups is 2. The van der Waals surface area contributed by atoms with Crippen molar-refractivity contribution in [2.45, 2.75) is 27.1 Å². The molecule has 3 aromatic carbocycles. The molecule has 0 amide bonds. The summed E-state index contributed by atoms with van der Waals surface area (Å²) in [7, 11) is 3.16. The van der Waals surface area contributed by atoms with Gasteiger partial charge in [0, 0.05) is 30.9 Å². The van der Waals surface area contributed by atoms with Gasteiger partial charge in [-0.3, -0.25) is 0 Å². The highest BCUT2D eigenvalue weighted by Gasteiger charge is 2.15. The van der Waals surface area contributed by atoms with Crippen LogP contribution in [0.3, 0.4) is 0 Å². The normalized spacial score (nSPS) is 10.6. The molecule has 0 saturated heterocycles. The second kappa shape index (κ2) is 12.3. The SMILES string of the molecule is C=C(C)C(=O)Oc1ccc(-c2ccc(-c3ccc(OC(=O)C(=C)C)c(COC)c3)c(COC)c2)cc1F. The summed E-state index contributed by atoms with van der Waals surface area (Å²) in [5, 5.41) is 0. The van der Waals surface area contributed by atoms with Gasteiger partial charge in [-0.2, -0.15) is 0 Å². The van der Waals surface area contributed by atoms with E-state index in [4.69, 9.17) is 18.9 Å². The topological polar surface area (TPSA) is 71.1 Å². The van der Waals surface area contributed by atoms with Gasteiger partial charge < -0.3 is 18.9 Å². The first-order valence-corrected chi connectivity index (χ1v) is 11.4. The van der Waals surface area contributed by atoms with Gasteiger partial charge in [-0.25, -0.2) is 14.0 Å². The van der Waals surface area contributed by atoms with Gasteiger partial charge in [0.2, 0.25) is 0 Å². The van der Waals surface area contributed by atoms with Gasteiger partial charge in [0.05, 0.1) is 13.2 Å². The van der Waals surface area contributed by atoms with E-state index >= 15 is 0 Å². The van der Waals surface area contributed by atoms with Crippen molar-refractivity contribution in [3.05, 3.63) is 95.8 Å². The van der Waals surface area contributed by atoms with Crippen LogP contribution in [0.15, 0.2) is 78.9 Å². The van der Waals surface area contributed by atoms with E-state index in [0.29, 0.717) is 29.1 Å². The molecular formula is C30H29FO6. The molecule has 0 aliphatic rings. The van der Waals surface area contributed by atoms with E-state index in [9.17, 15) is 14.0 Å². The molecule has 7 heteroatoms. The van der Waals surface area contributed by atoms with Gasteiger partial charge in [0.25, 0.3) is 0 Å². The van der Waals surface area contributed by atoms with Crippen LogP contribution in [-0.4, -0.2) is 26.2 Å². The zero-order chi connectivity index (χ0) is 27.1. The van der Waals surface area contributed by atoms with Crippen molar-refractivity contribution in [2.75, 3.05) is 14.2 Å². The van der Waals surface area contributed by atoms with Crippen molar-refractivity contribution < 1.29 is 32.9 Å². The molecule has 3 rings (SSSR count). The fourth-order valence-corrected chi connectivity index (χ4v) is 3.58. The van der Waals surface area contributed by atoms with E-state index in [2.05, 4.69) is 13.2 Å². The minimum absolute atomic E-state index is 0.163. The first kappa shape index (κ1) is 27.5. The summed E-state index contributed by atoms with van der Waals surface area (Å²) in [6, 6.07) is 15.6. The Labute approximate surface area is 215 Å². The lowest BCUT2D eigenvalue weighted by atomic mass is 9.94. The third kappa shape index (κ3) is 6.78. The maximum absolute atomic E-state index is 14.7. The molecule has 0 unspecified atom stereocenters. The molecule has 0 heterocycles. The highest BCUT2D eigenvalue weighted by atomic mass is 19.1. The molecule has 0 fully saturated rings. The monoisotopic (exact) mass is 504 g/mol. The molecule has 0 aliphatic heterocycles. The van der Waals surface area contributed by atoms with E-state index < -0.39 is 17.8 Å². The fourth-order valence-electron chi connectivity index (χ4n) is 3.58. The van der Waals surface area contributed by atoms with Crippen LogP contribution in [0.25, 0.3) is 22.3 Å². The zero-order valence-corrected chi connectivity index (χ0v) is 21.4. The first-order valence-electron chi connectivity index (χ1n) is 11.4. The Morgan fingerprint density at radius 1 is 0.703 bits per heavy atom. The third-order valence-corrected chi connectivity index (χ3v) is 5.44. The molecule has 6 nitrogen and oxygen atoms in total. The number of halogens is 1. The zero-order valence-electron chi connectivity index (χ0n) is 21.4. The van der Waals surface area contributed by atoms with Crippen molar-refractivity contribution in [2.24, 2.45) is 0 Å². The fraction of sp³-hybridized carbons (Fsp3) is 0.200. The number of hydrogen-bond donors (Lipinski definition) is 0. The Balaban J connectivity index is 1.98. The average molecular weight is 505 g/mol. The lowest BCUT2D eigenvalue weighted by Gasteiger charge is -2.15. The summed E-state index contributed by atoms with van der Waals surface area (Å²) < 4.78 is 35.9. The third-order valence-electron chi connectivity index (χ3n) is 5.44. The van der Waals surface area contributed by atoms with Gasteiger partial charge in [-0.1, -0.05) is 37.4 Å². The Morgan fingerprint density at radius 2 is 1.19 bits per heavy atom. The van der Waals surface area contributed by atoms with Crippen molar-refractivity contribution in [3.8, 4) is 33.8 Å². The van der Waals surface area contributed by atoms with Crippen LogP contribution in [-0.2, 0) is 32.3 Å². The van der Waals surface area contributed by atoms with Gasteiger partial charge >= 0.3 is 11.9 Å². The summed E-state index contributed by atoms with van der Waals surface area (Å²) in [5.74, 6) is -1.63. The number of hydrogen-bond acceptors (Lipinski definition) is 6. The largest absolute Gasteiger partial charge is 0.423 e. The second-order valence-electron chi connectivity index (χ2n) is 8.55. The van der Waals surface area contributed by atoms with Gasteiger partial charge in [0.1, 0.15) is 5.75 Å². The molecule has 0 N–H and O–H groups in total. The van der Waals surface area contributed by atoms with Crippen LogP contribution >= 0.6 is 0 Å². The molecule has 0 saturated carbocycles. The summed E-state index contributed by atoms with van der Waals surface area (Å²) in [6.45, 7) is 10.8. The second-order valence-corrected chi connectivity index (χ2v) is 8.55. The summed E-state index contributed by atoms with van der Waals surface area (Å²) in [4.78, 5) is 23.8. The van der Waals surface area contributed by atoms with Crippen molar-refractivity contribution >= 4 is 11.9 Å². The number of benzene rings is 3. The smallest absolute Gasteiger partial charge is 0.338 e. The van der Waals surface area contributed by atoms with Crippen molar-refractivity contribution in [1.82, 2.24) is 0 Å². The van der Waals surface area contributed by atoms with Gasteiger partial charge in [-0.15, -0.1) is 0 Å². The van der Waals surface area contributed by atoms with Crippen LogP contribution in [0, 0.1) is 5.82 Å². The molecule has 192 valence electrons. The summed E-state index contributed by atoms with van der Waals surface area (Å²) in [6.07, 6.45) is 0. The van der Waals surface area contributed by atoms with Gasteiger partial charge in [-0.05, 0) is 72.0 Å². The molecular weight excluding hydrogens is 475 g/mol. The van der Waals surface area contributed by atoms with Crippen molar-refractivity contribution in [1.29, 1.82) is 0 Å². The molecule has 0 aliphatic carbocycles. The molecule has 0 bridgehead atoms.